The molecular weight excluding hydrogens is 180 g/mol. The maximum Gasteiger partial charge on any atom is -0.0149 e. The van der Waals surface area contributed by atoms with Gasteiger partial charge < -0.3 is 0 Å². The zero-order chi connectivity index (χ0) is 10.8. The van der Waals surface area contributed by atoms with E-state index < -0.39 is 0 Å². The fourth-order valence-electron chi connectivity index (χ4n) is 2.00. The lowest BCUT2D eigenvalue weighted by molar-refractivity contribution is 0.650. The first-order chi connectivity index (χ1) is 7.16. The van der Waals surface area contributed by atoms with Crippen molar-refractivity contribution >= 4 is 10.8 Å². The van der Waals surface area contributed by atoms with E-state index in [4.69, 9.17) is 0 Å². The molecule has 0 aliphatic rings. The highest BCUT2D eigenvalue weighted by molar-refractivity contribution is 5.86. The molecule has 2 aromatic rings. The van der Waals surface area contributed by atoms with Crippen molar-refractivity contribution in [3.05, 3.63) is 54.4 Å². The molecule has 0 spiro atoms. The number of benzene rings is 2. The molecule has 0 aliphatic heterocycles. The molecule has 0 fully saturated rings. The van der Waals surface area contributed by atoms with E-state index in [-0.39, 0.29) is 0 Å². The summed E-state index contributed by atoms with van der Waals surface area (Å²) in [4.78, 5) is 0. The van der Waals surface area contributed by atoms with Crippen LogP contribution in [0.15, 0.2) is 36.4 Å². The predicted molar refractivity (Wildman–Crippen MR) is 66.9 cm³/mol. The van der Waals surface area contributed by atoms with Gasteiger partial charge in [0.2, 0.25) is 0 Å². The summed E-state index contributed by atoms with van der Waals surface area (Å²) in [6, 6.07) is 12.9. The van der Waals surface area contributed by atoms with Gasteiger partial charge in [0.15, 0.2) is 0 Å². The van der Waals surface area contributed by atoms with E-state index >= 15 is 0 Å². The summed E-state index contributed by atoms with van der Waals surface area (Å²) in [5.41, 5.74) is 2.53. The zero-order valence-corrected chi connectivity index (χ0v) is 9.46. The molecule has 15 heavy (non-hydrogen) atoms. The number of rotatable bonds is 2. The minimum atomic E-state index is 0.698. The molecule has 0 bridgehead atoms. The molecule has 1 radical (unpaired) electrons. The van der Waals surface area contributed by atoms with Crippen LogP contribution in [0.4, 0.5) is 0 Å². The molecule has 0 N–H and O–H groups in total. The van der Waals surface area contributed by atoms with Crippen LogP contribution in [0.5, 0.6) is 0 Å². The maximum absolute atomic E-state index is 3.99. The first-order valence-electron chi connectivity index (χ1n) is 5.50. The highest BCUT2D eigenvalue weighted by atomic mass is 14.1. The van der Waals surface area contributed by atoms with Gasteiger partial charge in [0.25, 0.3) is 0 Å². The van der Waals surface area contributed by atoms with Crippen molar-refractivity contribution in [1.82, 2.24) is 0 Å². The molecule has 0 aliphatic carbocycles. The van der Waals surface area contributed by atoms with Gasteiger partial charge >= 0.3 is 0 Å². The summed E-state index contributed by atoms with van der Waals surface area (Å²) >= 11 is 0. The van der Waals surface area contributed by atoms with Gasteiger partial charge in [-0.3, -0.25) is 0 Å². The van der Waals surface area contributed by atoms with Crippen LogP contribution < -0.4 is 0 Å². The van der Waals surface area contributed by atoms with Gasteiger partial charge in [-0.25, -0.2) is 0 Å². The monoisotopic (exact) mass is 197 g/mol. The molecule has 0 nitrogen and oxygen atoms in total. The first kappa shape index (κ1) is 10.2. The highest BCUT2D eigenvalue weighted by Crippen LogP contribution is 2.22. The van der Waals surface area contributed by atoms with Crippen molar-refractivity contribution < 1.29 is 0 Å². The average molecular weight is 197 g/mol. The van der Waals surface area contributed by atoms with Crippen molar-refractivity contribution in [3.8, 4) is 0 Å². The van der Waals surface area contributed by atoms with Crippen molar-refractivity contribution in [2.75, 3.05) is 0 Å². The second-order valence-electron chi connectivity index (χ2n) is 4.57. The van der Waals surface area contributed by atoms with Crippen LogP contribution in [0.1, 0.15) is 25.0 Å². The Morgan fingerprint density at radius 1 is 1.13 bits per heavy atom. The van der Waals surface area contributed by atoms with E-state index in [0.717, 1.165) is 12.0 Å². The predicted octanol–water partition coefficient (Wildman–Crippen LogP) is 4.22. The summed E-state index contributed by atoms with van der Waals surface area (Å²) in [7, 11) is 0. The second kappa shape index (κ2) is 4.06. The summed E-state index contributed by atoms with van der Waals surface area (Å²) in [5, 5.41) is 2.68. The number of fused-ring (bicyclic) bond motifs is 1. The lowest BCUT2D eigenvalue weighted by atomic mass is 9.96. The number of hydrogen-bond donors (Lipinski definition) is 0. The molecule has 0 amide bonds. The van der Waals surface area contributed by atoms with Gasteiger partial charge in [-0.2, -0.15) is 0 Å². The lowest BCUT2D eigenvalue weighted by Crippen LogP contribution is -1.95. The Balaban J connectivity index is 2.58. The summed E-state index contributed by atoms with van der Waals surface area (Å²) in [6.07, 6.45) is 1.14. The zero-order valence-electron chi connectivity index (χ0n) is 9.46. The molecule has 0 heterocycles. The molecule has 77 valence electrons. The topological polar surface area (TPSA) is 0 Å². The quantitative estimate of drug-likeness (QED) is 0.676. The smallest absolute Gasteiger partial charge is 0.0149 e. The largest absolute Gasteiger partial charge is 0.0625 e. The fourth-order valence-corrected chi connectivity index (χ4v) is 2.00. The van der Waals surface area contributed by atoms with E-state index in [9.17, 15) is 0 Å². The standard InChI is InChI=1S/C15H17/c1-11(2)9-14-6-4-5-13-8-7-12(3)10-15(13)14/h4-8,10-11H,3,9H2,1-2H3. The number of hydrogen-bond acceptors (Lipinski definition) is 0. The van der Waals surface area contributed by atoms with Crippen molar-refractivity contribution in [1.29, 1.82) is 0 Å². The fraction of sp³-hybridized carbons (Fsp3) is 0.267. The molecule has 0 unspecified atom stereocenters. The summed E-state index contributed by atoms with van der Waals surface area (Å²) in [6.45, 7) is 8.50. The minimum absolute atomic E-state index is 0.698. The van der Waals surface area contributed by atoms with E-state index in [2.05, 4.69) is 57.2 Å². The highest BCUT2D eigenvalue weighted by Gasteiger charge is 2.03. The van der Waals surface area contributed by atoms with Gasteiger partial charge in [-0.05, 0) is 41.2 Å². The lowest BCUT2D eigenvalue weighted by Gasteiger charge is -2.09. The molecule has 0 saturated carbocycles. The Labute approximate surface area is 91.9 Å². The Bertz CT molecular complexity index is 466. The van der Waals surface area contributed by atoms with Gasteiger partial charge in [0, 0.05) is 0 Å². The Morgan fingerprint density at radius 2 is 1.93 bits per heavy atom. The Morgan fingerprint density at radius 3 is 2.67 bits per heavy atom. The molecule has 0 heteroatoms. The van der Waals surface area contributed by atoms with Gasteiger partial charge in [-0.1, -0.05) is 50.2 Å². The summed E-state index contributed by atoms with van der Waals surface area (Å²) in [5.74, 6) is 0.698. The minimum Gasteiger partial charge on any atom is -0.0625 e. The van der Waals surface area contributed by atoms with Crippen LogP contribution in [-0.4, -0.2) is 0 Å². The van der Waals surface area contributed by atoms with Gasteiger partial charge in [0.05, 0.1) is 0 Å². The average Bonchev–Trinajstić information content (AvgIpc) is 2.18. The van der Waals surface area contributed by atoms with Gasteiger partial charge in [0.1, 0.15) is 0 Å². The van der Waals surface area contributed by atoms with Crippen molar-refractivity contribution in [2.24, 2.45) is 5.92 Å². The third-order valence-corrected chi connectivity index (χ3v) is 2.67. The molecule has 0 atom stereocenters. The van der Waals surface area contributed by atoms with Crippen LogP contribution in [0.3, 0.4) is 0 Å². The SMILES string of the molecule is [CH2]c1ccc2cccc(CC(C)C)c2c1. The van der Waals surface area contributed by atoms with E-state index in [0.29, 0.717) is 5.92 Å². The van der Waals surface area contributed by atoms with Crippen molar-refractivity contribution in [3.63, 3.8) is 0 Å². The molecule has 2 aromatic carbocycles. The van der Waals surface area contributed by atoms with E-state index in [1.54, 1.807) is 0 Å². The van der Waals surface area contributed by atoms with Gasteiger partial charge in [-0.15, -0.1) is 0 Å². The van der Waals surface area contributed by atoms with Crippen LogP contribution >= 0.6 is 0 Å². The Hall–Kier alpha value is -1.30. The molecule has 0 aromatic heterocycles. The van der Waals surface area contributed by atoms with E-state index in [1.807, 2.05) is 0 Å². The van der Waals surface area contributed by atoms with Crippen LogP contribution in [0.2, 0.25) is 0 Å². The van der Waals surface area contributed by atoms with Crippen molar-refractivity contribution in [2.45, 2.75) is 20.3 Å². The molecule has 0 saturated heterocycles. The maximum atomic E-state index is 3.99. The molecule has 2 rings (SSSR count). The second-order valence-corrected chi connectivity index (χ2v) is 4.57. The Kier molecular flexibility index (Phi) is 2.77. The first-order valence-corrected chi connectivity index (χ1v) is 5.50. The van der Waals surface area contributed by atoms with Crippen LogP contribution in [-0.2, 0) is 6.42 Å². The third-order valence-electron chi connectivity index (χ3n) is 2.67. The van der Waals surface area contributed by atoms with Crippen LogP contribution in [0, 0.1) is 12.8 Å². The molecular formula is C15H17. The van der Waals surface area contributed by atoms with E-state index in [1.165, 1.54) is 16.3 Å². The third kappa shape index (κ3) is 2.20. The van der Waals surface area contributed by atoms with Crippen LogP contribution in [0.25, 0.3) is 10.8 Å². The summed E-state index contributed by atoms with van der Waals surface area (Å²) < 4.78 is 0. The normalized spacial score (nSPS) is 11.2.